The van der Waals surface area contributed by atoms with E-state index in [-0.39, 0.29) is 6.04 Å². The molecule has 0 spiro atoms. The minimum atomic E-state index is -0.716. The Morgan fingerprint density at radius 3 is 2.94 bits per heavy atom. The smallest absolute Gasteiger partial charge is 0.320 e. The number of hydrogen-bond donors (Lipinski definition) is 1. The van der Waals surface area contributed by atoms with Gasteiger partial charge >= 0.3 is 5.97 Å². The molecule has 16 heavy (non-hydrogen) atoms. The summed E-state index contributed by atoms with van der Waals surface area (Å²) in [7, 11) is 0. The molecule has 4 nitrogen and oxygen atoms in total. The third-order valence-corrected chi connectivity index (χ3v) is 3.98. The van der Waals surface area contributed by atoms with Gasteiger partial charge in [0, 0.05) is 12.6 Å². The molecule has 0 bridgehead atoms. The van der Waals surface area contributed by atoms with Crippen molar-refractivity contribution in [2.45, 2.75) is 44.7 Å². The van der Waals surface area contributed by atoms with Crippen LogP contribution >= 0.6 is 0 Å². The van der Waals surface area contributed by atoms with E-state index in [1.807, 2.05) is 0 Å². The Balaban J connectivity index is 2.11. The van der Waals surface area contributed by atoms with Crippen LogP contribution in [0.5, 0.6) is 0 Å². The van der Waals surface area contributed by atoms with E-state index in [4.69, 9.17) is 9.84 Å². The molecular weight excluding hydrogens is 206 g/mol. The van der Waals surface area contributed by atoms with Crippen LogP contribution < -0.4 is 0 Å². The monoisotopic (exact) mass is 227 g/mol. The first kappa shape index (κ1) is 11.9. The maximum atomic E-state index is 11.1. The summed E-state index contributed by atoms with van der Waals surface area (Å²) < 4.78 is 5.59. The van der Waals surface area contributed by atoms with Crippen molar-refractivity contribution in [1.82, 2.24) is 4.90 Å². The molecular formula is C12H21NO3. The van der Waals surface area contributed by atoms with E-state index in [9.17, 15) is 4.79 Å². The fourth-order valence-corrected chi connectivity index (χ4v) is 3.01. The van der Waals surface area contributed by atoms with Crippen molar-refractivity contribution in [1.29, 1.82) is 0 Å². The number of hydrogen-bond acceptors (Lipinski definition) is 3. The quantitative estimate of drug-likeness (QED) is 0.773. The van der Waals surface area contributed by atoms with Gasteiger partial charge in [0.05, 0.1) is 13.2 Å². The van der Waals surface area contributed by atoms with Crippen LogP contribution in [0.25, 0.3) is 0 Å². The Bertz CT molecular complexity index is 257. The van der Waals surface area contributed by atoms with Crippen LogP contribution in [0.4, 0.5) is 0 Å². The fraction of sp³-hybridized carbons (Fsp3) is 0.917. The van der Waals surface area contributed by atoms with E-state index >= 15 is 0 Å². The summed E-state index contributed by atoms with van der Waals surface area (Å²) in [5.41, 5.74) is 0. The molecule has 0 unspecified atom stereocenters. The first-order chi connectivity index (χ1) is 7.70. The molecule has 1 saturated heterocycles. The van der Waals surface area contributed by atoms with Gasteiger partial charge in [-0.05, 0) is 25.7 Å². The summed E-state index contributed by atoms with van der Waals surface area (Å²) in [5.74, 6) is -0.177. The standard InChI is InChI=1S/C12H21NO3/c1-9(12(14)15)13-6-7-16-8-10-4-2-3-5-11(10)13/h9-11H,2-8H2,1H3,(H,14,15)/t9-,10-,11-/m1/s1. The number of carboxylic acids is 1. The van der Waals surface area contributed by atoms with Crippen LogP contribution in [-0.4, -0.2) is 47.8 Å². The van der Waals surface area contributed by atoms with Gasteiger partial charge in [0.1, 0.15) is 6.04 Å². The van der Waals surface area contributed by atoms with Crippen LogP contribution in [0.2, 0.25) is 0 Å². The molecule has 0 aromatic rings. The maximum Gasteiger partial charge on any atom is 0.320 e. The highest BCUT2D eigenvalue weighted by atomic mass is 16.5. The zero-order valence-electron chi connectivity index (χ0n) is 9.89. The number of carbonyl (C=O) groups is 1. The summed E-state index contributed by atoms with van der Waals surface area (Å²) in [4.78, 5) is 13.2. The van der Waals surface area contributed by atoms with Gasteiger partial charge in [-0.3, -0.25) is 9.69 Å². The van der Waals surface area contributed by atoms with E-state index in [2.05, 4.69) is 4.90 Å². The second-order valence-corrected chi connectivity index (χ2v) is 4.94. The van der Waals surface area contributed by atoms with Gasteiger partial charge in [0.25, 0.3) is 0 Å². The molecule has 0 radical (unpaired) electrons. The first-order valence-electron chi connectivity index (χ1n) is 6.26. The van der Waals surface area contributed by atoms with Gasteiger partial charge in [-0.15, -0.1) is 0 Å². The van der Waals surface area contributed by atoms with E-state index in [1.54, 1.807) is 6.92 Å². The van der Waals surface area contributed by atoms with Gasteiger partial charge in [0.2, 0.25) is 0 Å². The number of rotatable bonds is 2. The molecule has 3 atom stereocenters. The Kier molecular flexibility index (Phi) is 3.82. The SMILES string of the molecule is C[C@H](C(=O)O)N1CCOC[C@H]2CCCC[C@H]21. The van der Waals surface area contributed by atoms with Gasteiger partial charge in [0.15, 0.2) is 0 Å². The highest BCUT2D eigenvalue weighted by molar-refractivity contribution is 5.72. The van der Waals surface area contributed by atoms with Crippen molar-refractivity contribution in [3.8, 4) is 0 Å². The Hall–Kier alpha value is -0.610. The molecule has 1 heterocycles. The minimum absolute atomic E-state index is 0.382. The van der Waals surface area contributed by atoms with Crippen molar-refractivity contribution in [2.75, 3.05) is 19.8 Å². The van der Waals surface area contributed by atoms with Gasteiger partial charge in [-0.1, -0.05) is 12.8 Å². The molecule has 2 fully saturated rings. The van der Waals surface area contributed by atoms with E-state index < -0.39 is 5.97 Å². The molecule has 2 rings (SSSR count). The van der Waals surface area contributed by atoms with Gasteiger partial charge in [-0.25, -0.2) is 0 Å². The van der Waals surface area contributed by atoms with E-state index in [0.29, 0.717) is 18.6 Å². The zero-order valence-corrected chi connectivity index (χ0v) is 9.89. The van der Waals surface area contributed by atoms with Gasteiger partial charge < -0.3 is 9.84 Å². The first-order valence-corrected chi connectivity index (χ1v) is 6.26. The summed E-state index contributed by atoms with van der Waals surface area (Å²) in [6.45, 7) is 4.03. The maximum absolute atomic E-state index is 11.1. The number of fused-ring (bicyclic) bond motifs is 1. The number of ether oxygens (including phenoxy) is 1. The average molecular weight is 227 g/mol. The molecule has 1 aliphatic carbocycles. The molecule has 92 valence electrons. The lowest BCUT2D eigenvalue weighted by atomic mass is 9.83. The predicted molar refractivity (Wildman–Crippen MR) is 60.4 cm³/mol. The Morgan fingerprint density at radius 1 is 1.44 bits per heavy atom. The summed E-state index contributed by atoms with van der Waals surface area (Å²) in [5, 5.41) is 9.13. The second-order valence-electron chi connectivity index (χ2n) is 4.94. The number of aliphatic carboxylic acids is 1. The largest absolute Gasteiger partial charge is 0.480 e. The zero-order chi connectivity index (χ0) is 11.5. The molecule has 0 aromatic heterocycles. The lowest BCUT2D eigenvalue weighted by Crippen LogP contribution is -2.50. The minimum Gasteiger partial charge on any atom is -0.480 e. The van der Waals surface area contributed by atoms with Crippen LogP contribution in [-0.2, 0) is 9.53 Å². The van der Waals surface area contributed by atoms with E-state index in [1.165, 1.54) is 19.3 Å². The van der Waals surface area contributed by atoms with Crippen molar-refractivity contribution in [3.63, 3.8) is 0 Å². The molecule has 1 aliphatic heterocycles. The third kappa shape index (κ3) is 2.38. The summed E-state index contributed by atoms with van der Waals surface area (Å²) >= 11 is 0. The predicted octanol–water partition coefficient (Wildman–Crippen LogP) is 1.35. The Labute approximate surface area is 96.6 Å². The topological polar surface area (TPSA) is 49.8 Å². The molecule has 1 saturated carbocycles. The molecule has 0 aromatic carbocycles. The van der Waals surface area contributed by atoms with Crippen molar-refractivity contribution >= 4 is 5.97 Å². The second kappa shape index (κ2) is 5.15. The van der Waals surface area contributed by atoms with Crippen LogP contribution in [0.3, 0.4) is 0 Å². The van der Waals surface area contributed by atoms with E-state index in [0.717, 1.165) is 19.6 Å². The molecule has 0 amide bonds. The van der Waals surface area contributed by atoms with Crippen LogP contribution in [0.15, 0.2) is 0 Å². The highest BCUT2D eigenvalue weighted by Gasteiger charge is 2.36. The number of nitrogens with zero attached hydrogens (tertiary/aromatic N) is 1. The normalized spacial score (nSPS) is 33.8. The Morgan fingerprint density at radius 2 is 2.19 bits per heavy atom. The highest BCUT2D eigenvalue weighted by Crippen LogP contribution is 2.31. The lowest BCUT2D eigenvalue weighted by Gasteiger charge is -2.39. The molecule has 4 heteroatoms. The summed E-state index contributed by atoms with van der Waals surface area (Å²) in [6, 6.07) is 0.0367. The average Bonchev–Trinajstić information content (AvgIpc) is 2.50. The van der Waals surface area contributed by atoms with Crippen molar-refractivity contribution in [2.24, 2.45) is 5.92 Å². The number of carboxylic acid groups (broad SMARTS) is 1. The molecule has 1 N–H and O–H groups in total. The van der Waals surface area contributed by atoms with Crippen LogP contribution in [0, 0.1) is 5.92 Å². The third-order valence-electron chi connectivity index (χ3n) is 3.98. The van der Waals surface area contributed by atoms with Crippen LogP contribution in [0.1, 0.15) is 32.6 Å². The van der Waals surface area contributed by atoms with Crippen molar-refractivity contribution < 1.29 is 14.6 Å². The summed E-state index contributed by atoms with van der Waals surface area (Å²) in [6.07, 6.45) is 4.81. The fourth-order valence-electron chi connectivity index (χ4n) is 3.01. The lowest BCUT2D eigenvalue weighted by molar-refractivity contribution is -0.144. The van der Waals surface area contributed by atoms with Gasteiger partial charge in [-0.2, -0.15) is 0 Å². The van der Waals surface area contributed by atoms with Crippen molar-refractivity contribution in [3.05, 3.63) is 0 Å². The molecule has 2 aliphatic rings.